The summed E-state index contributed by atoms with van der Waals surface area (Å²) in [6.45, 7) is 3.26. The minimum atomic E-state index is 0.0378. The molecule has 0 radical (unpaired) electrons. The van der Waals surface area contributed by atoms with Crippen LogP contribution in [0, 0.1) is 5.92 Å². The SMILES string of the molecule is CN1CCC(CN(C)c2cccc(C(N)=NO)n2)C1. The quantitative estimate of drug-likeness (QED) is 0.359. The first-order valence-electron chi connectivity index (χ1n) is 6.44. The molecule has 0 aromatic carbocycles. The van der Waals surface area contributed by atoms with Gasteiger partial charge in [-0.25, -0.2) is 4.98 Å². The average molecular weight is 263 g/mol. The maximum Gasteiger partial charge on any atom is 0.188 e. The summed E-state index contributed by atoms with van der Waals surface area (Å²) in [6, 6.07) is 5.54. The minimum Gasteiger partial charge on any atom is -0.409 e. The Bertz CT molecular complexity index is 462. The number of nitrogens with two attached hydrogens (primary N) is 1. The minimum absolute atomic E-state index is 0.0378. The van der Waals surface area contributed by atoms with Crippen molar-refractivity contribution in [3.8, 4) is 0 Å². The molecule has 0 amide bonds. The topological polar surface area (TPSA) is 78.0 Å². The van der Waals surface area contributed by atoms with Gasteiger partial charge in [-0.1, -0.05) is 11.2 Å². The van der Waals surface area contributed by atoms with Gasteiger partial charge in [0.05, 0.1) is 0 Å². The van der Waals surface area contributed by atoms with Gasteiger partial charge in [0.25, 0.3) is 0 Å². The van der Waals surface area contributed by atoms with Crippen molar-refractivity contribution in [3.63, 3.8) is 0 Å². The lowest BCUT2D eigenvalue weighted by Crippen LogP contribution is -2.28. The van der Waals surface area contributed by atoms with Crippen LogP contribution in [0.1, 0.15) is 12.1 Å². The molecule has 0 spiro atoms. The van der Waals surface area contributed by atoms with Crippen LogP contribution in [-0.2, 0) is 0 Å². The summed E-state index contributed by atoms with van der Waals surface area (Å²) in [7, 11) is 4.17. The van der Waals surface area contributed by atoms with Crippen molar-refractivity contribution < 1.29 is 5.21 Å². The molecular formula is C13H21N5O. The molecule has 1 aliphatic heterocycles. The largest absolute Gasteiger partial charge is 0.409 e. The van der Waals surface area contributed by atoms with Crippen LogP contribution in [0.4, 0.5) is 5.82 Å². The molecule has 1 saturated heterocycles. The highest BCUT2D eigenvalue weighted by Gasteiger charge is 2.21. The lowest BCUT2D eigenvalue weighted by molar-refractivity contribution is 0.318. The standard InChI is InChI=1S/C13H21N5O/c1-17-7-6-10(8-17)9-18(2)12-5-3-4-11(15-12)13(14)16-19/h3-5,10,19H,6-9H2,1-2H3,(H2,14,16). The third-order valence-electron chi connectivity index (χ3n) is 3.52. The van der Waals surface area contributed by atoms with E-state index in [0.29, 0.717) is 11.6 Å². The van der Waals surface area contributed by atoms with Gasteiger partial charge in [0, 0.05) is 20.1 Å². The predicted molar refractivity (Wildman–Crippen MR) is 75.6 cm³/mol. The molecule has 1 aliphatic rings. The van der Waals surface area contributed by atoms with Gasteiger partial charge >= 0.3 is 0 Å². The fourth-order valence-electron chi connectivity index (χ4n) is 2.49. The number of pyridine rings is 1. The molecule has 0 aliphatic carbocycles. The molecule has 19 heavy (non-hydrogen) atoms. The number of oxime groups is 1. The first-order chi connectivity index (χ1) is 9.10. The van der Waals surface area contributed by atoms with Crippen molar-refractivity contribution in [1.82, 2.24) is 9.88 Å². The van der Waals surface area contributed by atoms with Crippen molar-refractivity contribution in [2.24, 2.45) is 16.8 Å². The Morgan fingerprint density at radius 1 is 1.63 bits per heavy atom. The van der Waals surface area contributed by atoms with Gasteiger partial charge in [-0.2, -0.15) is 0 Å². The fraction of sp³-hybridized carbons (Fsp3) is 0.538. The van der Waals surface area contributed by atoms with E-state index in [1.165, 1.54) is 6.42 Å². The zero-order valence-corrected chi connectivity index (χ0v) is 11.5. The number of anilines is 1. The van der Waals surface area contributed by atoms with Gasteiger partial charge in [0.1, 0.15) is 11.5 Å². The second kappa shape index (κ2) is 5.88. The van der Waals surface area contributed by atoms with E-state index >= 15 is 0 Å². The van der Waals surface area contributed by atoms with Crippen LogP contribution in [0.25, 0.3) is 0 Å². The van der Waals surface area contributed by atoms with E-state index in [4.69, 9.17) is 10.9 Å². The molecule has 1 unspecified atom stereocenters. The van der Waals surface area contributed by atoms with Crippen LogP contribution in [-0.4, -0.2) is 54.7 Å². The molecule has 1 aromatic heterocycles. The Morgan fingerprint density at radius 2 is 2.42 bits per heavy atom. The zero-order chi connectivity index (χ0) is 13.8. The van der Waals surface area contributed by atoms with Crippen molar-refractivity contribution in [2.75, 3.05) is 38.6 Å². The van der Waals surface area contributed by atoms with Crippen LogP contribution in [0.2, 0.25) is 0 Å². The molecule has 0 bridgehead atoms. The summed E-state index contributed by atoms with van der Waals surface area (Å²) in [5.74, 6) is 1.55. The number of hydrogen-bond acceptors (Lipinski definition) is 5. The maximum absolute atomic E-state index is 8.68. The molecule has 1 atom stereocenters. The van der Waals surface area contributed by atoms with Crippen LogP contribution in [0.3, 0.4) is 0 Å². The van der Waals surface area contributed by atoms with Gasteiger partial charge in [-0.3, -0.25) is 0 Å². The highest BCUT2D eigenvalue weighted by molar-refractivity contribution is 5.95. The Labute approximate surface area is 113 Å². The van der Waals surface area contributed by atoms with Crippen molar-refractivity contribution in [3.05, 3.63) is 23.9 Å². The summed E-state index contributed by atoms with van der Waals surface area (Å²) < 4.78 is 0. The van der Waals surface area contributed by atoms with Crippen LogP contribution in [0.15, 0.2) is 23.4 Å². The average Bonchev–Trinajstić information content (AvgIpc) is 2.83. The number of aromatic nitrogens is 1. The van der Waals surface area contributed by atoms with E-state index in [1.54, 1.807) is 6.07 Å². The van der Waals surface area contributed by atoms with Crippen LogP contribution < -0.4 is 10.6 Å². The molecular weight excluding hydrogens is 242 g/mol. The normalized spacial score (nSPS) is 20.7. The molecule has 104 valence electrons. The molecule has 0 saturated carbocycles. The van der Waals surface area contributed by atoms with E-state index < -0.39 is 0 Å². The Balaban J connectivity index is 2.04. The van der Waals surface area contributed by atoms with Crippen molar-refractivity contribution >= 4 is 11.7 Å². The van der Waals surface area contributed by atoms with Crippen LogP contribution >= 0.6 is 0 Å². The van der Waals surface area contributed by atoms with Crippen LogP contribution in [0.5, 0.6) is 0 Å². The molecule has 1 aromatic rings. The number of rotatable bonds is 4. The van der Waals surface area contributed by atoms with E-state index in [0.717, 1.165) is 25.5 Å². The number of amidine groups is 1. The molecule has 6 heteroatoms. The van der Waals surface area contributed by atoms with Crippen molar-refractivity contribution in [2.45, 2.75) is 6.42 Å². The summed E-state index contributed by atoms with van der Waals surface area (Å²) in [5, 5.41) is 11.7. The number of likely N-dealkylation sites (tertiary alicyclic amines) is 1. The lowest BCUT2D eigenvalue weighted by Gasteiger charge is -2.22. The fourth-order valence-corrected chi connectivity index (χ4v) is 2.49. The number of hydrogen-bond donors (Lipinski definition) is 2. The summed E-state index contributed by atoms with van der Waals surface area (Å²) in [4.78, 5) is 8.87. The first kappa shape index (κ1) is 13.6. The van der Waals surface area contributed by atoms with E-state index in [9.17, 15) is 0 Å². The van der Waals surface area contributed by atoms with Gasteiger partial charge < -0.3 is 20.7 Å². The Morgan fingerprint density at radius 3 is 3.05 bits per heavy atom. The highest BCUT2D eigenvalue weighted by Crippen LogP contribution is 2.18. The first-order valence-corrected chi connectivity index (χ1v) is 6.44. The van der Waals surface area contributed by atoms with Crippen molar-refractivity contribution in [1.29, 1.82) is 0 Å². The van der Waals surface area contributed by atoms with Gasteiger partial charge in [-0.15, -0.1) is 0 Å². The smallest absolute Gasteiger partial charge is 0.188 e. The van der Waals surface area contributed by atoms with E-state index in [2.05, 4.69) is 27.0 Å². The lowest BCUT2D eigenvalue weighted by atomic mass is 10.1. The third-order valence-corrected chi connectivity index (χ3v) is 3.52. The van der Waals surface area contributed by atoms with E-state index in [-0.39, 0.29) is 5.84 Å². The maximum atomic E-state index is 8.68. The third kappa shape index (κ3) is 3.35. The molecule has 6 nitrogen and oxygen atoms in total. The molecule has 3 N–H and O–H groups in total. The summed E-state index contributed by atoms with van der Waals surface area (Å²) >= 11 is 0. The van der Waals surface area contributed by atoms with Gasteiger partial charge in [-0.05, 0) is 38.1 Å². The molecule has 2 heterocycles. The second-order valence-corrected chi connectivity index (χ2v) is 5.16. The van der Waals surface area contributed by atoms with E-state index in [1.807, 2.05) is 19.2 Å². The number of nitrogens with zero attached hydrogens (tertiary/aromatic N) is 4. The zero-order valence-electron chi connectivity index (χ0n) is 11.5. The Hall–Kier alpha value is -1.82. The predicted octanol–water partition coefficient (Wildman–Crippen LogP) is 0.564. The Kier molecular flexibility index (Phi) is 4.21. The second-order valence-electron chi connectivity index (χ2n) is 5.16. The summed E-state index contributed by atoms with van der Waals surface area (Å²) in [6.07, 6.45) is 1.22. The monoisotopic (exact) mass is 263 g/mol. The molecule has 1 fully saturated rings. The molecule has 2 rings (SSSR count). The van der Waals surface area contributed by atoms with Gasteiger partial charge in [0.15, 0.2) is 5.84 Å². The summed E-state index contributed by atoms with van der Waals surface area (Å²) in [5.41, 5.74) is 6.05. The highest BCUT2D eigenvalue weighted by atomic mass is 16.4. The van der Waals surface area contributed by atoms with Gasteiger partial charge in [0.2, 0.25) is 0 Å².